The molecule has 0 aliphatic carbocycles. The standard InChI is InChI=1S/C9H18O2S/c1-7(12)11-6-5-8(10)9(2,3)4/h7,12H,5-6H2,1-4H3. The van der Waals surface area contributed by atoms with E-state index in [2.05, 4.69) is 12.6 Å². The van der Waals surface area contributed by atoms with Crippen LogP contribution in [0.5, 0.6) is 0 Å². The van der Waals surface area contributed by atoms with E-state index in [9.17, 15) is 4.79 Å². The lowest BCUT2D eigenvalue weighted by atomic mass is 9.89. The van der Waals surface area contributed by atoms with Crippen molar-refractivity contribution in [1.29, 1.82) is 0 Å². The Bertz CT molecular complexity index is 147. The van der Waals surface area contributed by atoms with Crippen LogP contribution in [-0.4, -0.2) is 17.8 Å². The lowest BCUT2D eigenvalue weighted by molar-refractivity contribution is -0.127. The maximum absolute atomic E-state index is 11.3. The van der Waals surface area contributed by atoms with Crippen LogP contribution in [0.4, 0.5) is 0 Å². The Morgan fingerprint density at radius 3 is 2.33 bits per heavy atom. The van der Waals surface area contributed by atoms with Gasteiger partial charge >= 0.3 is 0 Å². The van der Waals surface area contributed by atoms with Gasteiger partial charge in [0.05, 0.1) is 12.0 Å². The minimum Gasteiger partial charge on any atom is -0.368 e. The molecule has 0 aromatic rings. The van der Waals surface area contributed by atoms with Crippen molar-refractivity contribution in [2.75, 3.05) is 6.61 Å². The highest BCUT2D eigenvalue weighted by Gasteiger charge is 2.20. The van der Waals surface area contributed by atoms with E-state index in [1.807, 2.05) is 27.7 Å². The molecule has 0 aromatic carbocycles. The Labute approximate surface area is 80.1 Å². The molecule has 0 N–H and O–H groups in total. The van der Waals surface area contributed by atoms with Crippen molar-refractivity contribution in [3.8, 4) is 0 Å². The van der Waals surface area contributed by atoms with Gasteiger partial charge < -0.3 is 4.74 Å². The second-order valence-corrected chi connectivity index (χ2v) is 4.62. The number of hydrogen-bond donors (Lipinski definition) is 1. The molecule has 1 unspecified atom stereocenters. The van der Waals surface area contributed by atoms with E-state index < -0.39 is 0 Å². The summed E-state index contributed by atoms with van der Waals surface area (Å²) in [4.78, 5) is 11.3. The fourth-order valence-electron chi connectivity index (χ4n) is 0.697. The van der Waals surface area contributed by atoms with Crippen LogP contribution in [0, 0.1) is 5.41 Å². The Balaban J connectivity index is 3.59. The van der Waals surface area contributed by atoms with Gasteiger partial charge in [0.1, 0.15) is 5.78 Å². The van der Waals surface area contributed by atoms with Gasteiger partial charge in [0.15, 0.2) is 0 Å². The molecule has 0 saturated heterocycles. The van der Waals surface area contributed by atoms with Gasteiger partial charge in [-0.25, -0.2) is 0 Å². The van der Waals surface area contributed by atoms with E-state index in [1.165, 1.54) is 0 Å². The number of Topliss-reactive ketones (excluding diaryl/α,β-unsaturated/α-hetero) is 1. The molecular weight excluding hydrogens is 172 g/mol. The Morgan fingerprint density at radius 2 is 2.00 bits per heavy atom. The summed E-state index contributed by atoms with van der Waals surface area (Å²) in [6, 6.07) is 0. The van der Waals surface area contributed by atoms with Gasteiger partial charge in [0.2, 0.25) is 0 Å². The number of carbonyl (C=O) groups is 1. The number of ether oxygens (including phenoxy) is 1. The quantitative estimate of drug-likeness (QED) is 0.544. The van der Waals surface area contributed by atoms with Crippen molar-refractivity contribution in [3.63, 3.8) is 0 Å². The van der Waals surface area contributed by atoms with Crippen LogP contribution < -0.4 is 0 Å². The summed E-state index contributed by atoms with van der Waals surface area (Å²) in [5.41, 5.74) is -0.332. The van der Waals surface area contributed by atoms with Crippen molar-refractivity contribution in [2.45, 2.75) is 39.6 Å². The van der Waals surface area contributed by atoms with E-state index in [0.717, 1.165) is 0 Å². The summed E-state index contributed by atoms with van der Waals surface area (Å²) in [6.45, 7) is 8.06. The fourth-order valence-corrected chi connectivity index (χ4v) is 0.803. The average molecular weight is 190 g/mol. The first-order valence-electron chi connectivity index (χ1n) is 4.17. The second-order valence-electron chi connectivity index (χ2n) is 3.89. The van der Waals surface area contributed by atoms with Crippen LogP contribution >= 0.6 is 12.6 Å². The Hall–Kier alpha value is -0.0200. The summed E-state index contributed by atoms with van der Waals surface area (Å²) < 4.78 is 5.15. The van der Waals surface area contributed by atoms with Gasteiger partial charge in [0, 0.05) is 11.8 Å². The molecule has 0 amide bonds. The first kappa shape index (κ1) is 12.0. The molecule has 0 bridgehead atoms. The summed E-state index contributed by atoms with van der Waals surface area (Å²) in [7, 11) is 0. The topological polar surface area (TPSA) is 26.3 Å². The number of ketones is 1. The monoisotopic (exact) mass is 190 g/mol. The highest BCUT2D eigenvalue weighted by atomic mass is 32.1. The van der Waals surface area contributed by atoms with Crippen LogP contribution in [0.25, 0.3) is 0 Å². The third-order valence-electron chi connectivity index (χ3n) is 1.52. The summed E-state index contributed by atoms with van der Waals surface area (Å²) in [5.74, 6) is 0.233. The van der Waals surface area contributed by atoms with Gasteiger partial charge in [-0.1, -0.05) is 20.8 Å². The molecule has 0 heterocycles. The Morgan fingerprint density at radius 1 is 1.50 bits per heavy atom. The molecule has 72 valence electrons. The van der Waals surface area contributed by atoms with Gasteiger partial charge in [-0.3, -0.25) is 4.79 Å². The minimum atomic E-state index is -0.247. The lowest BCUT2D eigenvalue weighted by Gasteiger charge is -2.16. The van der Waals surface area contributed by atoms with E-state index in [1.54, 1.807) is 0 Å². The normalized spacial score (nSPS) is 14.4. The molecule has 0 rings (SSSR count). The van der Waals surface area contributed by atoms with Crippen molar-refractivity contribution >= 4 is 18.4 Å². The number of rotatable bonds is 4. The van der Waals surface area contributed by atoms with Gasteiger partial charge in [0.25, 0.3) is 0 Å². The van der Waals surface area contributed by atoms with Crippen LogP contribution in [0.1, 0.15) is 34.1 Å². The molecule has 0 radical (unpaired) electrons. The number of carbonyl (C=O) groups excluding carboxylic acids is 1. The zero-order valence-electron chi connectivity index (χ0n) is 8.26. The van der Waals surface area contributed by atoms with Crippen LogP contribution in [0.2, 0.25) is 0 Å². The van der Waals surface area contributed by atoms with Crippen molar-refractivity contribution in [1.82, 2.24) is 0 Å². The molecule has 0 saturated carbocycles. The second kappa shape index (κ2) is 4.87. The van der Waals surface area contributed by atoms with Gasteiger partial charge in [-0.2, -0.15) is 0 Å². The SMILES string of the molecule is CC(S)OCCC(=O)C(C)(C)C. The first-order valence-corrected chi connectivity index (χ1v) is 4.68. The highest BCUT2D eigenvalue weighted by molar-refractivity contribution is 7.80. The minimum absolute atomic E-state index is 0.0854. The van der Waals surface area contributed by atoms with E-state index >= 15 is 0 Å². The highest BCUT2D eigenvalue weighted by Crippen LogP contribution is 2.16. The fraction of sp³-hybridized carbons (Fsp3) is 0.889. The number of hydrogen-bond acceptors (Lipinski definition) is 3. The maximum atomic E-state index is 11.3. The van der Waals surface area contributed by atoms with Crippen LogP contribution in [0.3, 0.4) is 0 Å². The van der Waals surface area contributed by atoms with E-state index in [4.69, 9.17) is 4.74 Å². The molecule has 0 spiro atoms. The molecular formula is C9H18O2S. The van der Waals surface area contributed by atoms with E-state index in [0.29, 0.717) is 13.0 Å². The Kier molecular flexibility index (Phi) is 4.87. The predicted octanol–water partition coefficient (Wildman–Crippen LogP) is 2.28. The maximum Gasteiger partial charge on any atom is 0.140 e. The molecule has 0 aliphatic heterocycles. The largest absolute Gasteiger partial charge is 0.368 e. The van der Waals surface area contributed by atoms with Crippen LogP contribution in [-0.2, 0) is 9.53 Å². The van der Waals surface area contributed by atoms with E-state index in [-0.39, 0.29) is 16.6 Å². The summed E-state index contributed by atoms with van der Waals surface area (Å²) in [6.07, 6.45) is 0.481. The van der Waals surface area contributed by atoms with Crippen molar-refractivity contribution in [2.24, 2.45) is 5.41 Å². The average Bonchev–Trinajstić information content (AvgIpc) is 1.84. The predicted molar refractivity (Wildman–Crippen MR) is 53.5 cm³/mol. The molecule has 0 aromatic heterocycles. The third kappa shape index (κ3) is 5.61. The first-order chi connectivity index (χ1) is 5.34. The molecule has 0 aliphatic rings. The van der Waals surface area contributed by atoms with Crippen molar-refractivity contribution < 1.29 is 9.53 Å². The third-order valence-corrected chi connectivity index (χ3v) is 1.67. The molecule has 2 nitrogen and oxygen atoms in total. The zero-order chi connectivity index (χ0) is 9.78. The van der Waals surface area contributed by atoms with Gasteiger partial charge in [-0.05, 0) is 6.92 Å². The van der Waals surface area contributed by atoms with Crippen molar-refractivity contribution in [3.05, 3.63) is 0 Å². The van der Waals surface area contributed by atoms with Gasteiger partial charge in [-0.15, -0.1) is 12.6 Å². The summed E-state index contributed by atoms with van der Waals surface area (Å²) >= 11 is 4.04. The molecule has 3 heteroatoms. The zero-order valence-corrected chi connectivity index (χ0v) is 9.15. The number of thiol groups is 1. The smallest absolute Gasteiger partial charge is 0.140 e. The molecule has 0 fully saturated rings. The summed E-state index contributed by atoms with van der Waals surface area (Å²) in [5, 5.41) is 0. The molecule has 1 atom stereocenters. The molecule has 12 heavy (non-hydrogen) atoms. The lowest BCUT2D eigenvalue weighted by Crippen LogP contribution is -2.21. The van der Waals surface area contributed by atoms with Crippen LogP contribution in [0.15, 0.2) is 0 Å².